The van der Waals surface area contributed by atoms with E-state index in [1.165, 1.54) is 0 Å². The quantitative estimate of drug-likeness (QED) is 0.421. The molecule has 0 aromatic heterocycles. The molecule has 0 rings (SSSR count). The Kier molecular flexibility index (Phi) is 6.02. The van der Waals surface area contributed by atoms with Gasteiger partial charge in [-0.25, -0.2) is 22.4 Å². The molecular weight excluding hydrogens is 232 g/mol. The molecule has 1 atom stereocenters. The van der Waals surface area contributed by atoms with E-state index in [4.69, 9.17) is 5.11 Å². The van der Waals surface area contributed by atoms with E-state index in [1.807, 2.05) is 0 Å². The number of carbonyl (C=O) groups is 1. The summed E-state index contributed by atoms with van der Waals surface area (Å²) in [6.07, 6.45) is -6.08. The Hall–Kier alpha value is -1.11. The fraction of sp³-hybridized carbons (Fsp3) is 0.667. The first-order valence-corrected chi connectivity index (χ1v) is 4.43. The van der Waals surface area contributed by atoms with Gasteiger partial charge in [0.15, 0.2) is 0 Å². The summed E-state index contributed by atoms with van der Waals surface area (Å²) >= 11 is 0. The number of rotatable bonds is 7. The molecule has 1 unspecified atom stereocenters. The second-order valence-corrected chi connectivity index (χ2v) is 3.09. The minimum absolute atomic E-state index is 0.524. The molecule has 0 spiro atoms. The lowest BCUT2D eigenvalue weighted by atomic mass is 10.1. The fourth-order valence-corrected chi connectivity index (χ4v) is 0.789. The third kappa shape index (κ3) is 5.69. The van der Waals surface area contributed by atoms with Crippen LogP contribution >= 0.6 is 0 Å². The molecule has 0 saturated carbocycles. The Bertz CT molecular complexity index is 243. The maximum absolute atomic E-state index is 12.4. The van der Waals surface area contributed by atoms with Crippen molar-refractivity contribution < 1.29 is 32.2 Å². The molecule has 16 heavy (non-hydrogen) atoms. The van der Waals surface area contributed by atoms with Crippen LogP contribution in [0.25, 0.3) is 0 Å². The zero-order valence-corrected chi connectivity index (χ0v) is 8.34. The van der Waals surface area contributed by atoms with Crippen LogP contribution in [0, 0.1) is 0 Å². The normalized spacial score (nSPS) is 13.6. The van der Waals surface area contributed by atoms with Gasteiger partial charge < -0.3 is 9.84 Å². The van der Waals surface area contributed by atoms with Crippen LogP contribution in [0.2, 0.25) is 0 Å². The number of halogens is 4. The van der Waals surface area contributed by atoms with Gasteiger partial charge in [-0.3, -0.25) is 0 Å². The molecule has 94 valence electrons. The van der Waals surface area contributed by atoms with Gasteiger partial charge in [0.2, 0.25) is 0 Å². The number of hydrogen-bond acceptors (Lipinski definition) is 3. The first kappa shape index (κ1) is 14.9. The van der Waals surface area contributed by atoms with Crippen molar-refractivity contribution in [2.45, 2.75) is 31.3 Å². The van der Waals surface area contributed by atoms with Crippen molar-refractivity contribution in [2.75, 3.05) is 6.61 Å². The van der Waals surface area contributed by atoms with Crippen LogP contribution in [-0.4, -0.2) is 36.1 Å². The summed E-state index contributed by atoms with van der Waals surface area (Å²) in [5, 5.41) is 9.05. The Labute approximate surface area is 89.7 Å². The van der Waals surface area contributed by atoms with Gasteiger partial charge in [-0.1, -0.05) is 6.58 Å². The van der Waals surface area contributed by atoms with Crippen LogP contribution < -0.4 is 0 Å². The third-order valence-electron chi connectivity index (χ3n) is 1.71. The predicted molar refractivity (Wildman–Crippen MR) is 47.3 cm³/mol. The molecule has 0 aliphatic carbocycles. The van der Waals surface area contributed by atoms with Gasteiger partial charge in [-0.05, 0) is 6.42 Å². The molecule has 0 heterocycles. The second-order valence-electron chi connectivity index (χ2n) is 3.09. The molecule has 7 heteroatoms. The maximum atomic E-state index is 12.4. The lowest BCUT2D eigenvalue weighted by Crippen LogP contribution is -2.29. The minimum Gasteiger partial charge on any atom is -0.460 e. The number of carbonyl (C=O) groups excluding carboxylic acids is 1. The van der Waals surface area contributed by atoms with Gasteiger partial charge in [0.25, 0.3) is 0 Å². The highest BCUT2D eigenvalue weighted by Crippen LogP contribution is 2.28. The lowest BCUT2D eigenvalue weighted by molar-refractivity contribution is -0.145. The van der Waals surface area contributed by atoms with Crippen molar-refractivity contribution in [3.05, 3.63) is 12.7 Å². The highest BCUT2D eigenvalue weighted by atomic mass is 19.3. The fourth-order valence-electron chi connectivity index (χ4n) is 0.789. The van der Waals surface area contributed by atoms with E-state index in [0.29, 0.717) is 0 Å². The number of esters is 1. The number of ether oxygens (including phenoxy) is 1. The lowest BCUT2D eigenvalue weighted by Gasteiger charge is -2.17. The largest absolute Gasteiger partial charge is 0.460 e. The number of alkyl halides is 4. The zero-order valence-electron chi connectivity index (χ0n) is 8.34. The highest BCUT2D eigenvalue weighted by Gasteiger charge is 2.40. The molecule has 0 aliphatic rings. The summed E-state index contributed by atoms with van der Waals surface area (Å²) in [5.41, 5.74) is 0. The van der Waals surface area contributed by atoms with E-state index in [2.05, 4.69) is 11.3 Å². The monoisotopic (exact) mass is 244 g/mol. The first-order chi connectivity index (χ1) is 7.29. The summed E-state index contributed by atoms with van der Waals surface area (Å²) in [7, 11) is 0. The van der Waals surface area contributed by atoms with Crippen molar-refractivity contribution in [3.8, 4) is 0 Å². The molecule has 3 nitrogen and oxygen atoms in total. The van der Waals surface area contributed by atoms with Crippen molar-refractivity contribution in [1.29, 1.82) is 0 Å². The summed E-state index contributed by atoms with van der Waals surface area (Å²) in [6.45, 7) is 2.55. The molecule has 0 fully saturated rings. The zero-order chi connectivity index (χ0) is 12.8. The van der Waals surface area contributed by atoms with Gasteiger partial charge >= 0.3 is 18.3 Å². The average Bonchev–Trinajstić information content (AvgIpc) is 2.22. The van der Waals surface area contributed by atoms with Gasteiger partial charge in [0.05, 0.1) is 6.10 Å². The molecule has 0 aromatic carbocycles. The van der Waals surface area contributed by atoms with Gasteiger partial charge in [0.1, 0.15) is 6.61 Å². The molecule has 0 radical (unpaired) electrons. The summed E-state index contributed by atoms with van der Waals surface area (Å²) in [6, 6.07) is 0. The summed E-state index contributed by atoms with van der Waals surface area (Å²) in [5.74, 6) is -4.96. The van der Waals surface area contributed by atoms with Crippen LogP contribution in [0.15, 0.2) is 12.7 Å². The Morgan fingerprint density at radius 2 is 2.06 bits per heavy atom. The highest BCUT2D eigenvalue weighted by molar-refractivity contribution is 5.81. The molecule has 0 saturated heterocycles. The third-order valence-corrected chi connectivity index (χ3v) is 1.71. The molecule has 1 N–H and O–H groups in total. The van der Waals surface area contributed by atoms with E-state index in [0.717, 1.165) is 6.08 Å². The summed E-state index contributed by atoms with van der Waals surface area (Å²) < 4.78 is 52.5. The van der Waals surface area contributed by atoms with Crippen molar-refractivity contribution in [1.82, 2.24) is 0 Å². The SMILES string of the molecule is C=CC(=O)OCC(O)CCC(F)(F)C(F)F. The smallest absolute Gasteiger partial charge is 0.330 e. The van der Waals surface area contributed by atoms with Crippen LogP contribution in [0.1, 0.15) is 12.8 Å². The molecule has 0 aromatic rings. The van der Waals surface area contributed by atoms with Crippen LogP contribution in [0.5, 0.6) is 0 Å². The first-order valence-electron chi connectivity index (χ1n) is 4.43. The summed E-state index contributed by atoms with van der Waals surface area (Å²) in [4.78, 5) is 10.5. The standard InChI is InChI=1S/C9H12F4O3/c1-2-7(15)16-5-6(14)3-4-9(12,13)8(10)11/h2,6,8,14H,1,3-5H2. The van der Waals surface area contributed by atoms with Gasteiger partial charge in [-0.2, -0.15) is 0 Å². The van der Waals surface area contributed by atoms with Crippen molar-refractivity contribution in [2.24, 2.45) is 0 Å². The predicted octanol–water partition coefficient (Wildman–Crippen LogP) is 1.76. The molecule has 0 aliphatic heterocycles. The van der Waals surface area contributed by atoms with E-state index in [9.17, 15) is 22.4 Å². The van der Waals surface area contributed by atoms with Gasteiger partial charge in [0, 0.05) is 12.5 Å². The van der Waals surface area contributed by atoms with E-state index in [1.54, 1.807) is 0 Å². The van der Waals surface area contributed by atoms with E-state index < -0.39 is 43.9 Å². The van der Waals surface area contributed by atoms with Crippen molar-refractivity contribution >= 4 is 5.97 Å². The number of hydrogen-bond donors (Lipinski definition) is 1. The number of aliphatic hydroxyl groups excluding tert-OH is 1. The average molecular weight is 244 g/mol. The van der Waals surface area contributed by atoms with E-state index >= 15 is 0 Å². The van der Waals surface area contributed by atoms with E-state index in [-0.39, 0.29) is 0 Å². The molecular formula is C9H12F4O3. The van der Waals surface area contributed by atoms with Crippen molar-refractivity contribution in [3.63, 3.8) is 0 Å². The number of aliphatic hydroxyl groups is 1. The Balaban J connectivity index is 3.85. The minimum atomic E-state index is -4.14. The Morgan fingerprint density at radius 3 is 2.50 bits per heavy atom. The second kappa shape index (κ2) is 6.47. The molecule has 0 bridgehead atoms. The van der Waals surface area contributed by atoms with Crippen LogP contribution in [0.3, 0.4) is 0 Å². The Morgan fingerprint density at radius 1 is 1.50 bits per heavy atom. The maximum Gasteiger partial charge on any atom is 0.330 e. The van der Waals surface area contributed by atoms with Crippen LogP contribution in [0.4, 0.5) is 17.6 Å². The van der Waals surface area contributed by atoms with Crippen LogP contribution in [-0.2, 0) is 9.53 Å². The topological polar surface area (TPSA) is 46.5 Å². The molecule has 0 amide bonds. The van der Waals surface area contributed by atoms with Gasteiger partial charge in [-0.15, -0.1) is 0 Å².